The third-order valence-electron chi connectivity index (χ3n) is 9.60. The highest BCUT2D eigenvalue weighted by Gasteiger charge is 2.64. The molecule has 3 aliphatic rings. The monoisotopic (exact) mass is 762 g/mol. The number of carbonyl (C=O) groups excluding carboxylic acids is 3. The lowest BCUT2D eigenvalue weighted by Gasteiger charge is -2.42. The number of aliphatic hydroxyl groups is 1. The Balaban J connectivity index is 1.53. The second-order valence-electron chi connectivity index (χ2n) is 13.2. The van der Waals surface area contributed by atoms with Crippen LogP contribution in [0.1, 0.15) is 39.2 Å². The molecule has 2 fully saturated rings. The van der Waals surface area contributed by atoms with E-state index in [2.05, 4.69) is 10.6 Å². The van der Waals surface area contributed by atoms with Crippen molar-refractivity contribution >= 4 is 58.4 Å². The predicted molar refractivity (Wildman–Crippen MR) is 191 cm³/mol. The largest absolute Gasteiger partial charge is 0.495 e. The molecule has 0 aliphatic carbocycles. The van der Waals surface area contributed by atoms with Crippen LogP contribution >= 0.6 is 23.2 Å². The van der Waals surface area contributed by atoms with Crippen molar-refractivity contribution in [3.8, 4) is 5.75 Å². The summed E-state index contributed by atoms with van der Waals surface area (Å²) in [7, 11) is 4.40. The van der Waals surface area contributed by atoms with Crippen LogP contribution in [-0.2, 0) is 30.2 Å². The Labute approximate surface area is 309 Å². The van der Waals surface area contributed by atoms with E-state index < -0.39 is 64.7 Å². The average Bonchev–Trinajstić information content (AvgIpc) is 3.78. The SMILES string of the molecule is COc1cc2cc(c1Cl)N(C)C(=O)C[C@H](OC(=O)Nc1ccc([N+](=O)[O-])cc1Cl)[C@]1(C)O[C@H]1[C@H](C)[C@@H]1C[C@@](O)(NC(=O)O1)[C@H](OC)/C=C/C=C(\C)C2. The van der Waals surface area contributed by atoms with Crippen molar-refractivity contribution in [3.05, 3.63) is 79.9 Å². The number of anilines is 2. The van der Waals surface area contributed by atoms with Gasteiger partial charge in [-0.1, -0.05) is 53.9 Å². The number of hydrogen-bond donors (Lipinski definition) is 3. The Bertz CT molecular complexity index is 1820. The molecule has 7 atom stereocenters. The standard InChI is InChI=1S/C35H40Cl2N4O11/c1-18-8-7-9-27(49-6)35(45)17-26(50-33(44)39-35)19(2)31-34(3,52-31)28(51-32(43)38-23-11-10-21(41(46)47)15-22(23)36)16-29(42)40(4)24-13-20(12-18)14-25(48-5)30(24)37/h7-11,13-15,19,26-28,31,45H,12,16-17H2,1-6H3,(H,38,43)(H,39,44)/b9-7+,18-8+/t19-,26+,27-,28+,31+,34+,35+/m1/s1. The van der Waals surface area contributed by atoms with E-state index in [1.807, 2.05) is 13.0 Å². The minimum Gasteiger partial charge on any atom is -0.495 e. The number of alkyl carbamates (subject to hydrolysis) is 1. The summed E-state index contributed by atoms with van der Waals surface area (Å²) in [5.74, 6) is -0.727. The van der Waals surface area contributed by atoms with Crippen LogP contribution in [0.2, 0.25) is 10.0 Å². The van der Waals surface area contributed by atoms with Gasteiger partial charge >= 0.3 is 12.2 Å². The highest BCUT2D eigenvalue weighted by Crippen LogP contribution is 2.49. The van der Waals surface area contributed by atoms with Gasteiger partial charge in [0, 0.05) is 38.6 Å². The lowest BCUT2D eigenvalue weighted by Crippen LogP contribution is -2.63. The van der Waals surface area contributed by atoms with Crippen LogP contribution in [0, 0.1) is 16.0 Å². The quantitative estimate of drug-likeness (QED) is 0.186. The fourth-order valence-corrected chi connectivity index (χ4v) is 7.13. The van der Waals surface area contributed by atoms with E-state index in [9.17, 15) is 29.6 Å². The second kappa shape index (κ2) is 15.3. The summed E-state index contributed by atoms with van der Waals surface area (Å²) in [4.78, 5) is 52.0. The van der Waals surface area contributed by atoms with Crippen LogP contribution in [0.5, 0.6) is 5.75 Å². The number of allylic oxidation sites excluding steroid dienone is 3. The number of fused-ring (bicyclic) bond motifs is 5. The first-order valence-corrected chi connectivity index (χ1v) is 17.1. The van der Waals surface area contributed by atoms with Gasteiger partial charge in [0.25, 0.3) is 5.69 Å². The smallest absolute Gasteiger partial charge is 0.412 e. The number of nitro benzene ring substituents is 1. The molecule has 0 aromatic heterocycles. The number of nitrogens with zero attached hydrogens (tertiary/aromatic N) is 2. The first kappa shape index (κ1) is 38.8. The van der Waals surface area contributed by atoms with E-state index in [0.29, 0.717) is 17.9 Å². The summed E-state index contributed by atoms with van der Waals surface area (Å²) in [5.41, 5.74) is -1.36. The Morgan fingerprint density at radius 3 is 2.60 bits per heavy atom. The molecule has 2 aromatic rings. The van der Waals surface area contributed by atoms with Crippen LogP contribution in [0.4, 0.5) is 26.7 Å². The minimum absolute atomic E-state index is 0.0336. The molecule has 0 saturated carbocycles. The molecule has 4 bridgehead atoms. The number of hydrogen-bond acceptors (Lipinski definition) is 11. The summed E-state index contributed by atoms with van der Waals surface area (Å²) in [5, 5.41) is 27.9. The van der Waals surface area contributed by atoms with Crippen molar-refractivity contribution in [1.29, 1.82) is 0 Å². The lowest BCUT2D eigenvalue weighted by atomic mass is 9.83. The van der Waals surface area contributed by atoms with Gasteiger partial charge < -0.3 is 33.7 Å². The predicted octanol–water partition coefficient (Wildman–Crippen LogP) is 5.93. The van der Waals surface area contributed by atoms with Crippen molar-refractivity contribution in [2.75, 3.05) is 31.5 Å². The number of non-ortho nitro benzene ring substituents is 1. The van der Waals surface area contributed by atoms with E-state index in [1.165, 1.54) is 32.2 Å². The molecule has 2 aromatic carbocycles. The third kappa shape index (κ3) is 8.13. The molecule has 3 heterocycles. The summed E-state index contributed by atoms with van der Waals surface area (Å²) in [6.45, 7) is 5.31. The maximum atomic E-state index is 14.0. The average molecular weight is 764 g/mol. The number of halogens is 2. The number of nitrogens with one attached hydrogen (secondary N) is 2. The fourth-order valence-electron chi connectivity index (χ4n) is 6.59. The van der Waals surface area contributed by atoms with Crippen molar-refractivity contribution < 1.29 is 48.1 Å². The van der Waals surface area contributed by atoms with Gasteiger partial charge in [-0.2, -0.15) is 0 Å². The maximum Gasteiger partial charge on any atom is 0.412 e. The molecule has 0 radical (unpaired) electrons. The van der Waals surface area contributed by atoms with Gasteiger partial charge in [0.1, 0.15) is 34.7 Å². The van der Waals surface area contributed by atoms with Crippen LogP contribution in [-0.4, -0.2) is 85.1 Å². The van der Waals surface area contributed by atoms with E-state index in [0.717, 1.165) is 23.3 Å². The van der Waals surface area contributed by atoms with Crippen molar-refractivity contribution in [2.24, 2.45) is 5.92 Å². The fraction of sp³-hybridized carbons (Fsp3) is 0.457. The minimum atomic E-state index is -1.85. The molecular formula is C35H40Cl2N4O11. The number of ether oxygens (including phenoxy) is 5. The van der Waals surface area contributed by atoms with E-state index in [4.69, 9.17) is 46.9 Å². The molecule has 3 aliphatic heterocycles. The Morgan fingerprint density at radius 1 is 1.21 bits per heavy atom. The number of epoxide rings is 1. The topological polar surface area (TPSA) is 191 Å². The van der Waals surface area contributed by atoms with Crippen molar-refractivity contribution in [3.63, 3.8) is 0 Å². The normalized spacial score (nSPS) is 30.8. The summed E-state index contributed by atoms with van der Waals surface area (Å²) in [6, 6.07) is 7.01. The number of benzene rings is 2. The van der Waals surface area contributed by atoms with Gasteiger partial charge in [-0.25, -0.2) is 9.59 Å². The van der Waals surface area contributed by atoms with Crippen LogP contribution in [0.3, 0.4) is 0 Å². The Kier molecular flexibility index (Phi) is 11.4. The number of carbonyl (C=O) groups is 3. The van der Waals surface area contributed by atoms with Gasteiger partial charge in [-0.15, -0.1) is 0 Å². The second-order valence-corrected chi connectivity index (χ2v) is 14.0. The highest BCUT2D eigenvalue weighted by atomic mass is 35.5. The van der Waals surface area contributed by atoms with Gasteiger partial charge in [-0.05, 0) is 44.0 Å². The number of amides is 3. The van der Waals surface area contributed by atoms with Crippen LogP contribution in [0.15, 0.2) is 54.1 Å². The molecule has 0 unspecified atom stereocenters. The number of rotatable bonds is 5. The van der Waals surface area contributed by atoms with E-state index in [1.54, 1.807) is 38.1 Å². The van der Waals surface area contributed by atoms with Crippen molar-refractivity contribution in [2.45, 2.75) is 75.8 Å². The maximum absolute atomic E-state index is 14.0. The van der Waals surface area contributed by atoms with Gasteiger partial charge in [0.15, 0.2) is 5.72 Å². The molecule has 52 heavy (non-hydrogen) atoms. The van der Waals surface area contributed by atoms with Crippen molar-refractivity contribution in [1.82, 2.24) is 5.32 Å². The molecule has 5 rings (SSSR count). The van der Waals surface area contributed by atoms with E-state index in [-0.39, 0.29) is 34.3 Å². The molecule has 280 valence electrons. The van der Waals surface area contributed by atoms with Gasteiger partial charge in [-0.3, -0.25) is 25.5 Å². The van der Waals surface area contributed by atoms with Gasteiger partial charge in [0.2, 0.25) is 5.91 Å². The molecule has 15 nitrogen and oxygen atoms in total. The van der Waals surface area contributed by atoms with Gasteiger partial charge in [0.05, 0.1) is 41.0 Å². The molecule has 0 spiro atoms. The van der Waals surface area contributed by atoms with Crippen LogP contribution in [0.25, 0.3) is 0 Å². The molecule has 3 amide bonds. The highest BCUT2D eigenvalue weighted by molar-refractivity contribution is 6.35. The zero-order valence-corrected chi connectivity index (χ0v) is 30.8. The Morgan fingerprint density at radius 2 is 1.94 bits per heavy atom. The molecule has 2 saturated heterocycles. The summed E-state index contributed by atoms with van der Waals surface area (Å²) < 4.78 is 28.8. The summed E-state index contributed by atoms with van der Waals surface area (Å²) >= 11 is 12.9. The van der Waals surface area contributed by atoms with Crippen LogP contribution < -0.4 is 20.3 Å². The summed E-state index contributed by atoms with van der Waals surface area (Å²) in [6.07, 6.45) is -0.527. The number of methoxy groups -OCH3 is 2. The molecule has 3 N–H and O–H groups in total. The number of nitro groups is 1. The van der Waals surface area contributed by atoms with E-state index >= 15 is 0 Å². The lowest BCUT2D eigenvalue weighted by molar-refractivity contribution is -0.384. The third-order valence-corrected chi connectivity index (χ3v) is 10.3. The zero-order chi connectivity index (χ0) is 38.1. The Hall–Kier alpha value is -4.41. The molecule has 17 heteroatoms. The first-order chi connectivity index (χ1) is 24.5. The first-order valence-electron chi connectivity index (χ1n) is 16.3. The molecular weight excluding hydrogens is 723 g/mol. The zero-order valence-electron chi connectivity index (χ0n) is 29.3.